The Morgan fingerprint density at radius 2 is 2.46 bits per heavy atom. The first kappa shape index (κ1) is 9.10. The fourth-order valence-electron chi connectivity index (χ4n) is 1.81. The maximum atomic E-state index is 5.88. The number of halogens is 1. The third kappa shape index (κ3) is 1.89. The van der Waals surface area contributed by atoms with Crippen molar-refractivity contribution in [3.8, 4) is 0 Å². The third-order valence-corrected chi connectivity index (χ3v) is 2.91. The Bertz CT molecular complexity index is 245. The summed E-state index contributed by atoms with van der Waals surface area (Å²) in [7, 11) is 0. The third-order valence-electron chi connectivity index (χ3n) is 2.51. The lowest BCUT2D eigenvalue weighted by Gasteiger charge is -2.29. The van der Waals surface area contributed by atoms with Gasteiger partial charge in [-0.3, -0.25) is 0 Å². The first-order valence-electron chi connectivity index (χ1n) is 4.61. The van der Waals surface area contributed by atoms with E-state index in [9.17, 15) is 0 Å². The highest BCUT2D eigenvalue weighted by Crippen LogP contribution is 2.34. The predicted molar refractivity (Wildman–Crippen MR) is 50.8 cm³/mol. The number of hydrogen-bond donors (Lipinski definition) is 0. The summed E-state index contributed by atoms with van der Waals surface area (Å²) in [5.41, 5.74) is 1.12. The van der Waals surface area contributed by atoms with Gasteiger partial charge < -0.3 is 9.15 Å². The summed E-state index contributed by atoms with van der Waals surface area (Å²) in [6.45, 7) is 0.837. The van der Waals surface area contributed by atoms with Gasteiger partial charge in [-0.25, -0.2) is 0 Å². The maximum absolute atomic E-state index is 5.88. The number of alkyl halides is 1. The van der Waals surface area contributed by atoms with Crippen LogP contribution in [0.4, 0.5) is 0 Å². The minimum atomic E-state index is 0.144. The molecule has 1 saturated heterocycles. The van der Waals surface area contributed by atoms with Crippen molar-refractivity contribution in [1.29, 1.82) is 0 Å². The van der Waals surface area contributed by atoms with Crippen LogP contribution in [0.5, 0.6) is 0 Å². The quantitative estimate of drug-likeness (QED) is 0.685. The van der Waals surface area contributed by atoms with Crippen LogP contribution in [0.3, 0.4) is 0 Å². The van der Waals surface area contributed by atoms with Gasteiger partial charge in [0.25, 0.3) is 0 Å². The standard InChI is InChI=1S/C10H13ClO2/c11-6-8-2-1-4-13-10(8)9-3-5-12-7-9/h3,5,7-8,10H,1-2,4,6H2. The molecule has 2 atom stereocenters. The molecule has 1 aliphatic heterocycles. The predicted octanol–water partition coefficient (Wildman–Crippen LogP) is 2.99. The van der Waals surface area contributed by atoms with Crippen molar-refractivity contribution in [2.24, 2.45) is 5.92 Å². The lowest BCUT2D eigenvalue weighted by Crippen LogP contribution is -2.23. The van der Waals surface area contributed by atoms with E-state index in [4.69, 9.17) is 20.8 Å². The molecule has 2 nitrogen and oxygen atoms in total. The van der Waals surface area contributed by atoms with Gasteiger partial charge in [-0.1, -0.05) is 0 Å². The second-order valence-electron chi connectivity index (χ2n) is 3.40. The summed E-state index contributed by atoms with van der Waals surface area (Å²) < 4.78 is 10.7. The van der Waals surface area contributed by atoms with Crippen molar-refractivity contribution in [3.05, 3.63) is 24.2 Å². The molecule has 0 spiro atoms. The molecule has 0 bridgehead atoms. The Kier molecular flexibility index (Phi) is 2.91. The van der Waals surface area contributed by atoms with Gasteiger partial charge in [0.2, 0.25) is 0 Å². The molecule has 2 rings (SSSR count). The minimum Gasteiger partial charge on any atom is -0.472 e. The summed E-state index contributed by atoms with van der Waals surface area (Å²) in [6, 6.07) is 1.95. The van der Waals surface area contributed by atoms with E-state index in [1.165, 1.54) is 0 Å². The van der Waals surface area contributed by atoms with Crippen molar-refractivity contribution in [2.75, 3.05) is 12.5 Å². The molecule has 0 amide bonds. The molecule has 0 aromatic carbocycles. The molecule has 0 aliphatic carbocycles. The fraction of sp³-hybridized carbons (Fsp3) is 0.600. The molecular weight excluding hydrogens is 188 g/mol. The highest BCUT2D eigenvalue weighted by molar-refractivity contribution is 6.18. The number of hydrogen-bond acceptors (Lipinski definition) is 2. The van der Waals surface area contributed by atoms with Gasteiger partial charge in [-0.2, -0.15) is 0 Å². The van der Waals surface area contributed by atoms with Crippen LogP contribution >= 0.6 is 11.6 Å². The van der Waals surface area contributed by atoms with Gasteiger partial charge in [0.15, 0.2) is 0 Å². The maximum Gasteiger partial charge on any atom is 0.0960 e. The first-order valence-corrected chi connectivity index (χ1v) is 5.15. The van der Waals surface area contributed by atoms with Crippen LogP contribution < -0.4 is 0 Å². The smallest absolute Gasteiger partial charge is 0.0960 e. The van der Waals surface area contributed by atoms with Gasteiger partial charge >= 0.3 is 0 Å². The average Bonchev–Trinajstić information content (AvgIpc) is 2.70. The van der Waals surface area contributed by atoms with Gasteiger partial charge in [0.1, 0.15) is 0 Å². The minimum absolute atomic E-state index is 0.144. The van der Waals surface area contributed by atoms with E-state index in [0.29, 0.717) is 11.8 Å². The average molecular weight is 201 g/mol. The highest BCUT2D eigenvalue weighted by Gasteiger charge is 2.27. The zero-order chi connectivity index (χ0) is 9.10. The monoisotopic (exact) mass is 200 g/mol. The Morgan fingerprint density at radius 1 is 1.54 bits per heavy atom. The first-order chi connectivity index (χ1) is 6.42. The van der Waals surface area contributed by atoms with Crippen molar-refractivity contribution in [1.82, 2.24) is 0 Å². The van der Waals surface area contributed by atoms with Crippen molar-refractivity contribution >= 4 is 11.6 Å². The fourth-order valence-corrected chi connectivity index (χ4v) is 2.12. The molecule has 72 valence electrons. The lowest BCUT2D eigenvalue weighted by atomic mass is 9.92. The van der Waals surface area contributed by atoms with Crippen LogP contribution in [-0.4, -0.2) is 12.5 Å². The van der Waals surface area contributed by atoms with E-state index >= 15 is 0 Å². The van der Waals surface area contributed by atoms with Crippen LogP contribution in [0.25, 0.3) is 0 Å². The summed E-state index contributed by atoms with van der Waals surface area (Å²) in [5, 5.41) is 0. The highest BCUT2D eigenvalue weighted by atomic mass is 35.5. The second kappa shape index (κ2) is 4.16. The molecular formula is C10H13ClO2. The summed E-state index contributed by atoms with van der Waals surface area (Å²) in [6.07, 6.45) is 5.84. The van der Waals surface area contributed by atoms with E-state index in [1.807, 2.05) is 6.07 Å². The van der Waals surface area contributed by atoms with Crippen LogP contribution in [0.1, 0.15) is 24.5 Å². The molecule has 1 aliphatic rings. The molecule has 13 heavy (non-hydrogen) atoms. The SMILES string of the molecule is ClCC1CCCOC1c1ccoc1. The summed E-state index contributed by atoms with van der Waals surface area (Å²) >= 11 is 5.88. The van der Waals surface area contributed by atoms with E-state index in [0.717, 1.165) is 25.0 Å². The summed E-state index contributed by atoms with van der Waals surface area (Å²) in [4.78, 5) is 0. The lowest BCUT2D eigenvalue weighted by molar-refractivity contribution is -0.0211. The van der Waals surface area contributed by atoms with E-state index in [-0.39, 0.29) is 6.10 Å². The molecule has 0 radical (unpaired) electrons. The largest absolute Gasteiger partial charge is 0.472 e. The number of ether oxygens (including phenoxy) is 1. The molecule has 0 saturated carbocycles. The Balaban J connectivity index is 2.11. The van der Waals surface area contributed by atoms with Gasteiger partial charge in [0.05, 0.1) is 18.6 Å². The Hall–Kier alpha value is -0.470. The van der Waals surface area contributed by atoms with Crippen molar-refractivity contribution in [3.63, 3.8) is 0 Å². The molecule has 1 fully saturated rings. The van der Waals surface area contributed by atoms with E-state index < -0.39 is 0 Å². The normalized spacial score (nSPS) is 29.0. The zero-order valence-corrected chi connectivity index (χ0v) is 8.17. The van der Waals surface area contributed by atoms with Crippen molar-refractivity contribution in [2.45, 2.75) is 18.9 Å². The molecule has 1 aromatic heterocycles. The van der Waals surface area contributed by atoms with Crippen molar-refractivity contribution < 1.29 is 9.15 Å². The second-order valence-corrected chi connectivity index (χ2v) is 3.71. The molecule has 0 N–H and O–H groups in total. The molecule has 2 unspecified atom stereocenters. The van der Waals surface area contributed by atoms with Crippen LogP contribution in [0.15, 0.2) is 23.0 Å². The van der Waals surface area contributed by atoms with Crippen LogP contribution in [-0.2, 0) is 4.74 Å². The number of rotatable bonds is 2. The molecule has 3 heteroatoms. The Morgan fingerprint density at radius 3 is 3.15 bits per heavy atom. The van der Waals surface area contributed by atoms with Gasteiger partial charge in [-0.05, 0) is 18.9 Å². The van der Waals surface area contributed by atoms with E-state index in [1.54, 1.807) is 12.5 Å². The molecule has 2 heterocycles. The van der Waals surface area contributed by atoms with Crippen LogP contribution in [0.2, 0.25) is 0 Å². The summed E-state index contributed by atoms with van der Waals surface area (Å²) in [5.74, 6) is 1.10. The van der Waals surface area contributed by atoms with Gasteiger partial charge in [-0.15, -0.1) is 11.6 Å². The Labute approximate surface area is 82.8 Å². The van der Waals surface area contributed by atoms with Gasteiger partial charge in [0, 0.05) is 24.0 Å². The number of furan rings is 1. The van der Waals surface area contributed by atoms with Crippen LogP contribution in [0, 0.1) is 5.92 Å². The topological polar surface area (TPSA) is 22.4 Å². The molecule has 1 aromatic rings. The van der Waals surface area contributed by atoms with E-state index in [2.05, 4.69) is 0 Å². The zero-order valence-electron chi connectivity index (χ0n) is 7.41.